The lowest BCUT2D eigenvalue weighted by Gasteiger charge is -2.11. The number of aryl methyl sites for hydroxylation is 1. The Labute approximate surface area is 168 Å². The fourth-order valence-corrected chi connectivity index (χ4v) is 2.99. The van der Waals surface area contributed by atoms with Crippen molar-refractivity contribution < 1.29 is 9.53 Å². The summed E-state index contributed by atoms with van der Waals surface area (Å²) in [7, 11) is 0. The molecule has 3 nitrogen and oxygen atoms in total. The van der Waals surface area contributed by atoms with E-state index in [9.17, 15) is 4.79 Å². The van der Waals surface area contributed by atoms with E-state index in [2.05, 4.69) is 12.2 Å². The van der Waals surface area contributed by atoms with Gasteiger partial charge in [-0.05, 0) is 53.9 Å². The van der Waals surface area contributed by atoms with Gasteiger partial charge in [0.2, 0.25) is 0 Å². The molecule has 0 aliphatic carbocycles. The minimum atomic E-state index is -0.170. The second-order valence-electron chi connectivity index (χ2n) is 6.03. The van der Waals surface area contributed by atoms with E-state index in [1.54, 1.807) is 30.3 Å². The van der Waals surface area contributed by atoms with Crippen LogP contribution in [0.4, 0.5) is 5.69 Å². The van der Waals surface area contributed by atoms with Crippen molar-refractivity contribution in [2.45, 2.75) is 20.0 Å². The molecule has 0 unspecified atom stereocenters. The highest BCUT2D eigenvalue weighted by molar-refractivity contribution is 6.42. The third-order valence-electron chi connectivity index (χ3n) is 4.13. The molecule has 138 valence electrons. The van der Waals surface area contributed by atoms with E-state index in [-0.39, 0.29) is 5.91 Å². The first-order chi connectivity index (χ1) is 13.1. The lowest BCUT2D eigenvalue weighted by molar-refractivity contribution is 0.102. The van der Waals surface area contributed by atoms with Crippen molar-refractivity contribution in [1.29, 1.82) is 0 Å². The third kappa shape index (κ3) is 5.03. The Hall–Kier alpha value is -2.49. The number of para-hydroxylation sites is 1. The first-order valence-electron chi connectivity index (χ1n) is 8.63. The molecule has 3 aromatic carbocycles. The Kier molecular flexibility index (Phi) is 6.38. The summed E-state index contributed by atoms with van der Waals surface area (Å²) >= 11 is 11.9. The Morgan fingerprint density at radius 2 is 1.78 bits per heavy atom. The van der Waals surface area contributed by atoms with Gasteiger partial charge in [0.1, 0.15) is 12.4 Å². The summed E-state index contributed by atoms with van der Waals surface area (Å²) in [5.41, 5.74) is 3.36. The number of hydrogen-bond acceptors (Lipinski definition) is 2. The Bertz CT molecular complexity index is 957. The van der Waals surface area contributed by atoms with Crippen molar-refractivity contribution in [2.24, 2.45) is 0 Å². The number of anilines is 1. The van der Waals surface area contributed by atoms with Crippen LogP contribution in [0.15, 0.2) is 66.7 Å². The zero-order valence-corrected chi connectivity index (χ0v) is 16.3. The van der Waals surface area contributed by atoms with E-state index in [1.165, 1.54) is 0 Å². The number of rotatable bonds is 6. The van der Waals surface area contributed by atoms with Gasteiger partial charge in [-0.15, -0.1) is 0 Å². The van der Waals surface area contributed by atoms with Crippen LogP contribution in [0.2, 0.25) is 10.0 Å². The number of halogens is 2. The van der Waals surface area contributed by atoms with Crippen molar-refractivity contribution in [2.75, 3.05) is 5.32 Å². The fraction of sp³-hybridized carbons (Fsp3) is 0.136. The van der Waals surface area contributed by atoms with E-state index >= 15 is 0 Å². The standard InChI is InChI=1S/C22H19Cl2NO2/c1-2-16-6-3-4-9-21(16)25-22(26)17-7-5-8-18(13-17)27-14-15-10-11-19(23)20(24)12-15/h3-13H,2,14H2,1H3,(H,25,26). The van der Waals surface area contributed by atoms with Crippen LogP contribution in [0.3, 0.4) is 0 Å². The van der Waals surface area contributed by atoms with Gasteiger partial charge in [0.15, 0.2) is 0 Å². The molecule has 0 saturated carbocycles. The zero-order valence-electron chi connectivity index (χ0n) is 14.8. The Balaban J connectivity index is 1.69. The van der Waals surface area contributed by atoms with E-state index in [0.29, 0.717) is 28.0 Å². The smallest absolute Gasteiger partial charge is 0.255 e. The van der Waals surface area contributed by atoms with Crippen molar-refractivity contribution in [3.05, 3.63) is 93.5 Å². The molecule has 0 radical (unpaired) electrons. The maximum Gasteiger partial charge on any atom is 0.255 e. The highest BCUT2D eigenvalue weighted by Gasteiger charge is 2.09. The van der Waals surface area contributed by atoms with Crippen LogP contribution in [0, 0.1) is 0 Å². The molecule has 5 heteroatoms. The van der Waals surface area contributed by atoms with Gasteiger partial charge >= 0.3 is 0 Å². The van der Waals surface area contributed by atoms with Crippen LogP contribution < -0.4 is 10.1 Å². The molecule has 0 heterocycles. The number of ether oxygens (including phenoxy) is 1. The summed E-state index contributed by atoms with van der Waals surface area (Å²) in [6.45, 7) is 2.39. The van der Waals surface area contributed by atoms with Crippen molar-refractivity contribution in [1.82, 2.24) is 0 Å². The highest BCUT2D eigenvalue weighted by atomic mass is 35.5. The quantitative estimate of drug-likeness (QED) is 0.521. The largest absolute Gasteiger partial charge is 0.489 e. The van der Waals surface area contributed by atoms with Crippen LogP contribution in [-0.4, -0.2) is 5.91 Å². The second kappa shape index (κ2) is 8.94. The molecule has 3 aromatic rings. The molecule has 3 rings (SSSR count). The van der Waals surface area contributed by atoms with E-state index in [1.807, 2.05) is 36.4 Å². The number of nitrogens with one attached hydrogen (secondary N) is 1. The molecule has 1 N–H and O–H groups in total. The summed E-state index contributed by atoms with van der Waals surface area (Å²) in [6, 6.07) is 20.2. The summed E-state index contributed by atoms with van der Waals surface area (Å²) in [5, 5.41) is 3.96. The predicted molar refractivity (Wildman–Crippen MR) is 111 cm³/mol. The van der Waals surface area contributed by atoms with Crippen LogP contribution in [0.1, 0.15) is 28.4 Å². The maximum atomic E-state index is 12.6. The number of carbonyl (C=O) groups excluding carboxylic acids is 1. The molecule has 1 amide bonds. The van der Waals surface area contributed by atoms with Crippen molar-refractivity contribution in [3.8, 4) is 5.75 Å². The van der Waals surface area contributed by atoms with Crippen LogP contribution >= 0.6 is 23.2 Å². The summed E-state index contributed by atoms with van der Waals surface area (Å²) in [6.07, 6.45) is 0.850. The van der Waals surface area contributed by atoms with Gasteiger partial charge in [-0.2, -0.15) is 0 Å². The topological polar surface area (TPSA) is 38.3 Å². The van der Waals surface area contributed by atoms with Gasteiger partial charge < -0.3 is 10.1 Å². The first-order valence-corrected chi connectivity index (χ1v) is 9.38. The average Bonchev–Trinajstić information content (AvgIpc) is 2.69. The molecule has 0 aromatic heterocycles. The van der Waals surface area contributed by atoms with Gasteiger partial charge in [0.05, 0.1) is 10.0 Å². The van der Waals surface area contributed by atoms with Gasteiger partial charge in [0, 0.05) is 11.3 Å². The Morgan fingerprint density at radius 1 is 0.963 bits per heavy atom. The summed E-state index contributed by atoms with van der Waals surface area (Å²) in [4.78, 5) is 12.6. The number of amides is 1. The fourth-order valence-electron chi connectivity index (χ4n) is 2.67. The van der Waals surface area contributed by atoms with Gasteiger partial charge in [-0.1, -0.05) is 60.5 Å². The molecule has 0 bridgehead atoms. The van der Waals surface area contributed by atoms with Crippen LogP contribution in [0.25, 0.3) is 0 Å². The highest BCUT2D eigenvalue weighted by Crippen LogP contribution is 2.24. The van der Waals surface area contributed by atoms with Crippen LogP contribution in [0.5, 0.6) is 5.75 Å². The number of carbonyl (C=O) groups is 1. The molecule has 0 fully saturated rings. The normalized spacial score (nSPS) is 10.5. The lowest BCUT2D eigenvalue weighted by atomic mass is 10.1. The van der Waals surface area contributed by atoms with E-state index < -0.39 is 0 Å². The van der Waals surface area contributed by atoms with Gasteiger partial charge in [-0.25, -0.2) is 0 Å². The first kappa shape index (κ1) is 19.3. The van der Waals surface area contributed by atoms with Gasteiger partial charge in [-0.3, -0.25) is 4.79 Å². The molecule has 0 aliphatic rings. The molecule has 0 atom stereocenters. The second-order valence-corrected chi connectivity index (χ2v) is 6.84. The molecular weight excluding hydrogens is 381 g/mol. The third-order valence-corrected chi connectivity index (χ3v) is 4.87. The SMILES string of the molecule is CCc1ccccc1NC(=O)c1cccc(OCc2ccc(Cl)c(Cl)c2)c1. The van der Waals surface area contributed by atoms with Crippen molar-refractivity contribution in [3.63, 3.8) is 0 Å². The summed E-state index contributed by atoms with van der Waals surface area (Å²) < 4.78 is 5.79. The zero-order chi connectivity index (χ0) is 19.2. The Morgan fingerprint density at radius 3 is 2.56 bits per heavy atom. The predicted octanol–water partition coefficient (Wildman–Crippen LogP) is 6.39. The maximum absolute atomic E-state index is 12.6. The minimum absolute atomic E-state index is 0.170. The van der Waals surface area contributed by atoms with E-state index in [0.717, 1.165) is 23.2 Å². The summed E-state index contributed by atoms with van der Waals surface area (Å²) in [5.74, 6) is 0.438. The minimum Gasteiger partial charge on any atom is -0.489 e. The molecule has 0 saturated heterocycles. The molecule has 0 spiro atoms. The van der Waals surface area contributed by atoms with Crippen LogP contribution in [-0.2, 0) is 13.0 Å². The monoisotopic (exact) mass is 399 g/mol. The number of benzene rings is 3. The average molecular weight is 400 g/mol. The molecule has 0 aliphatic heterocycles. The van der Waals surface area contributed by atoms with Crippen molar-refractivity contribution >= 4 is 34.8 Å². The number of hydrogen-bond donors (Lipinski definition) is 1. The molecular formula is C22H19Cl2NO2. The lowest BCUT2D eigenvalue weighted by Crippen LogP contribution is -2.13. The van der Waals surface area contributed by atoms with E-state index in [4.69, 9.17) is 27.9 Å². The molecule has 27 heavy (non-hydrogen) atoms. The van der Waals surface area contributed by atoms with Gasteiger partial charge in [0.25, 0.3) is 5.91 Å².